The number of nitro benzene ring substituents is 1. The van der Waals surface area contributed by atoms with E-state index >= 15 is 0 Å². The molecule has 0 bridgehead atoms. The summed E-state index contributed by atoms with van der Waals surface area (Å²) in [4.78, 5) is 24.1. The minimum atomic E-state index is -0.630. The highest BCUT2D eigenvalue weighted by Crippen LogP contribution is 2.26. The van der Waals surface area contributed by atoms with Crippen molar-refractivity contribution in [3.05, 3.63) is 33.9 Å². The third-order valence-electron chi connectivity index (χ3n) is 3.21. The van der Waals surface area contributed by atoms with E-state index in [2.05, 4.69) is 0 Å². The molecule has 108 valence electrons. The van der Waals surface area contributed by atoms with Crippen LogP contribution in [0.3, 0.4) is 0 Å². The zero-order chi connectivity index (χ0) is 14.7. The minimum absolute atomic E-state index is 0.0690. The number of hydrogen-bond donors (Lipinski definition) is 2. The van der Waals surface area contributed by atoms with Crippen LogP contribution >= 0.6 is 0 Å². The van der Waals surface area contributed by atoms with Crippen molar-refractivity contribution in [2.45, 2.75) is 6.04 Å². The highest BCUT2D eigenvalue weighted by molar-refractivity contribution is 6.01. The molecule has 1 fully saturated rings. The Kier molecular flexibility index (Phi) is 4.16. The standard InChI is InChI=1S/C12H15N3O5/c13-11-9(2-1-3-10(11)15(18)19)12(17)14-4-5-20-7-8(14)6-16/h1-3,8,16H,4-7,13H2. The normalized spacial score (nSPS) is 18.9. The van der Waals surface area contributed by atoms with Crippen molar-refractivity contribution in [1.82, 2.24) is 4.90 Å². The fourth-order valence-electron chi connectivity index (χ4n) is 2.13. The summed E-state index contributed by atoms with van der Waals surface area (Å²) in [6.07, 6.45) is 0. The van der Waals surface area contributed by atoms with Gasteiger partial charge in [-0.2, -0.15) is 0 Å². The second kappa shape index (κ2) is 5.85. The Morgan fingerprint density at radius 3 is 3.00 bits per heavy atom. The molecular formula is C12H15N3O5. The molecule has 1 aliphatic heterocycles. The third-order valence-corrected chi connectivity index (χ3v) is 3.21. The van der Waals surface area contributed by atoms with Crippen molar-refractivity contribution >= 4 is 17.3 Å². The number of nitrogens with zero attached hydrogens (tertiary/aromatic N) is 2. The molecule has 1 aliphatic rings. The molecule has 1 aromatic rings. The van der Waals surface area contributed by atoms with Gasteiger partial charge in [0.15, 0.2) is 0 Å². The molecule has 0 spiro atoms. The van der Waals surface area contributed by atoms with Crippen LogP contribution in [0, 0.1) is 10.1 Å². The topological polar surface area (TPSA) is 119 Å². The number of morpholine rings is 1. The Morgan fingerprint density at radius 2 is 2.35 bits per heavy atom. The summed E-state index contributed by atoms with van der Waals surface area (Å²) >= 11 is 0. The van der Waals surface area contributed by atoms with E-state index in [1.165, 1.54) is 23.1 Å². The number of carbonyl (C=O) groups is 1. The SMILES string of the molecule is Nc1c(C(=O)N2CCOCC2CO)cccc1[N+](=O)[O-]. The Morgan fingerprint density at radius 1 is 1.60 bits per heavy atom. The number of benzene rings is 1. The van der Waals surface area contributed by atoms with Gasteiger partial charge in [-0.15, -0.1) is 0 Å². The van der Waals surface area contributed by atoms with Crippen LogP contribution in [0.15, 0.2) is 18.2 Å². The number of nitrogens with two attached hydrogens (primary N) is 1. The summed E-state index contributed by atoms with van der Waals surface area (Å²) in [6.45, 7) is 0.668. The first-order valence-electron chi connectivity index (χ1n) is 6.08. The number of para-hydroxylation sites is 1. The van der Waals surface area contributed by atoms with Gasteiger partial charge in [-0.1, -0.05) is 6.07 Å². The third kappa shape index (κ3) is 2.56. The van der Waals surface area contributed by atoms with E-state index in [-0.39, 0.29) is 30.2 Å². The van der Waals surface area contributed by atoms with Gasteiger partial charge in [-0.05, 0) is 6.07 Å². The molecule has 8 heteroatoms. The molecule has 0 radical (unpaired) electrons. The van der Waals surface area contributed by atoms with Crippen molar-refractivity contribution in [1.29, 1.82) is 0 Å². The monoisotopic (exact) mass is 281 g/mol. The number of ether oxygens (including phenoxy) is 1. The van der Waals surface area contributed by atoms with E-state index in [4.69, 9.17) is 10.5 Å². The minimum Gasteiger partial charge on any atom is -0.394 e. The van der Waals surface area contributed by atoms with Crippen molar-refractivity contribution in [3.63, 3.8) is 0 Å². The van der Waals surface area contributed by atoms with Crippen LogP contribution in [0.1, 0.15) is 10.4 Å². The molecule has 1 amide bonds. The predicted molar refractivity (Wildman–Crippen MR) is 70.2 cm³/mol. The highest BCUT2D eigenvalue weighted by Gasteiger charge is 2.30. The maximum absolute atomic E-state index is 12.4. The molecule has 0 saturated carbocycles. The Labute approximate surface area is 114 Å². The van der Waals surface area contributed by atoms with E-state index in [0.717, 1.165) is 0 Å². The molecule has 2 rings (SSSR count). The second-order valence-electron chi connectivity index (χ2n) is 4.41. The van der Waals surface area contributed by atoms with Crippen LogP contribution in [0.5, 0.6) is 0 Å². The number of nitrogen functional groups attached to an aromatic ring is 1. The first-order chi connectivity index (χ1) is 9.56. The van der Waals surface area contributed by atoms with Gasteiger partial charge in [0.25, 0.3) is 11.6 Å². The largest absolute Gasteiger partial charge is 0.394 e. The molecule has 1 atom stereocenters. The quantitative estimate of drug-likeness (QED) is 0.457. The zero-order valence-corrected chi connectivity index (χ0v) is 10.7. The Balaban J connectivity index is 2.33. The van der Waals surface area contributed by atoms with E-state index in [1.54, 1.807) is 0 Å². The van der Waals surface area contributed by atoms with E-state index in [1.807, 2.05) is 0 Å². The van der Waals surface area contributed by atoms with Crippen molar-refractivity contribution in [2.24, 2.45) is 0 Å². The molecule has 8 nitrogen and oxygen atoms in total. The van der Waals surface area contributed by atoms with Crippen molar-refractivity contribution < 1.29 is 19.6 Å². The first-order valence-corrected chi connectivity index (χ1v) is 6.08. The number of hydrogen-bond acceptors (Lipinski definition) is 6. The smallest absolute Gasteiger partial charge is 0.292 e. The maximum Gasteiger partial charge on any atom is 0.292 e. The van der Waals surface area contributed by atoms with Gasteiger partial charge in [0, 0.05) is 12.6 Å². The van der Waals surface area contributed by atoms with Crippen molar-refractivity contribution in [2.75, 3.05) is 32.1 Å². The molecule has 1 aromatic carbocycles. The van der Waals surface area contributed by atoms with Crippen LogP contribution < -0.4 is 5.73 Å². The first kappa shape index (κ1) is 14.2. The molecule has 1 saturated heterocycles. The lowest BCUT2D eigenvalue weighted by Crippen LogP contribution is -2.50. The van der Waals surface area contributed by atoms with E-state index in [9.17, 15) is 20.0 Å². The van der Waals surface area contributed by atoms with Gasteiger partial charge in [-0.3, -0.25) is 14.9 Å². The number of amides is 1. The number of anilines is 1. The Hall–Kier alpha value is -2.19. The number of nitro groups is 1. The second-order valence-corrected chi connectivity index (χ2v) is 4.41. The van der Waals surface area contributed by atoms with Gasteiger partial charge in [0.2, 0.25) is 0 Å². The zero-order valence-electron chi connectivity index (χ0n) is 10.7. The number of aliphatic hydroxyl groups is 1. The Bertz CT molecular complexity index is 534. The summed E-state index contributed by atoms with van der Waals surface area (Å²) in [7, 11) is 0. The van der Waals surface area contributed by atoms with Gasteiger partial charge >= 0.3 is 0 Å². The average molecular weight is 281 g/mol. The van der Waals surface area contributed by atoms with E-state index in [0.29, 0.717) is 13.2 Å². The highest BCUT2D eigenvalue weighted by atomic mass is 16.6. The molecule has 1 unspecified atom stereocenters. The van der Waals surface area contributed by atoms with Crippen LogP contribution in [0.4, 0.5) is 11.4 Å². The van der Waals surface area contributed by atoms with Crippen molar-refractivity contribution in [3.8, 4) is 0 Å². The van der Waals surface area contributed by atoms with E-state index < -0.39 is 16.9 Å². The number of aliphatic hydroxyl groups excluding tert-OH is 1. The van der Waals surface area contributed by atoms with Crippen LogP contribution in [0.25, 0.3) is 0 Å². The molecular weight excluding hydrogens is 266 g/mol. The summed E-state index contributed by atoms with van der Waals surface area (Å²) in [5, 5.41) is 20.1. The van der Waals surface area contributed by atoms with Gasteiger partial charge in [0.1, 0.15) is 5.69 Å². The predicted octanol–water partition coefficient (Wildman–Crippen LogP) is 0.0103. The lowest BCUT2D eigenvalue weighted by atomic mass is 10.1. The summed E-state index contributed by atoms with van der Waals surface area (Å²) in [5.41, 5.74) is 5.30. The summed E-state index contributed by atoms with van der Waals surface area (Å²) in [5.74, 6) is -0.437. The lowest BCUT2D eigenvalue weighted by Gasteiger charge is -2.34. The molecule has 0 aliphatic carbocycles. The van der Waals surface area contributed by atoms with Gasteiger partial charge in [-0.25, -0.2) is 0 Å². The van der Waals surface area contributed by atoms with Crippen LogP contribution in [-0.4, -0.2) is 53.2 Å². The fourth-order valence-corrected chi connectivity index (χ4v) is 2.13. The maximum atomic E-state index is 12.4. The average Bonchev–Trinajstić information content (AvgIpc) is 2.46. The van der Waals surface area contributed by atoms with Crippen LogP contribution in [0.2, 0.25) is 0 Å². The molecule has 20 heavy (non-hydrogen) atoms. The van der Waals surface area contributed by atoms with Gasteiger partial charge in [0.05, 0.1) is 36.3 Å². The van der Waals surface area contributed by atoms with Crippen LogP contribution in [-0.2, 0) is 4.74 Å². The summed E-state index contributed by atoms with van der Waals surface area (Å²) < 4.78 is 5.19. The molecule has 3 N–H and O–H groups in total. The molecule has 0 aromatic heterocycles. The van der Waals surface area contributed by atoms with Gasteiger partial charge < -0.3 is 20.5 Å². The number of rotatable bonds is 3. The molecule has 1 heterocycles. The fraction of sp³-hybridized carbons (Fsp3) is 0.417. The summed E-state index contributed by atoms with van der Waals surface area (Å²) in [6, 6.07) is 3.63. The number of carbonyl (C=O) groups excluding carboxylic acids is 1. The lowest BCUT2D eigenvalue weighted by molar-refractivity contribution is -0.383.